The van der Waals surface area contributed by atoms with Crippen molar-refractivity contribution >= 4 is 30.1 Å². The van der Waals surface area contributed by atoms with E-state index < -0.39 is 73.5 Å². The zero-order valence-electron chi connectivity index (χ0n) is 30.9. The molecule has 0 aliphatic rings. The number of nitrogens with one attached hydrogen (secondary N) is 2. The van der Waals surface area contributed by atoms with Gasteiger partial charge in [0.1, 0.15) is 44.6 Å². The highest BCUT2D eigenvalue weighted by Crippen LogP contribution is 2.23. The molecule has 0 fully saturated rings. The molecule has 0 saturated carbocycles. The van der Waals surface area contributed by atoms with Gasteiger partial charge < -0.3 is 62.7 Å². The van der Waals surface area contributed by atoms with Crippen LogP contribution in [0.2, 0.25) is 0 Å². The van der Waals surface area contributed by atoms with Gasteiger partial charge in [0.25, 0.3) is 0 Å². The van der Waals surface area contributed by atoms with E-state index in [0.29, 0.717) is 6.42 Å². The molecule has 0 aliphatic heterocycles. The fourth-order valence-electron chi connectivity index (χ4n) is 4.00. The standard InChI is InChI=1S/C36H54N2O16/c1-8-15-16-17-29(37-33(42)53-24-35(18-47-26-44-12-5,19-48-27-45-13-6)20-49-28-46-14-7)38-34(43)54-25-36(21-50-30(39)9-2,22-51-31(40)10-3)23-52-32(41)11-4/h9-14,29H,2-8,15-28H2,1H3,(H,37,42)(H,38,43). The second kappa shape index (κ2) is 30.2. The van der Waals surface area contributed by atoms with Gasteiger partial charge in [0.15, 0.2) is 20.4 Å². The van der Waals surface area contributed by atoms with Crippen molar-refractivity contribution in [2.24, 2.45) is 10.8 Å². The monoisotopic (exact) mass is 770 g/mol. The van der Waals surface area contributed by atoms with Crippen molar-refractivity contribution in [1.29, 1.82) is 0 Å². The first-order valence-electron chi connectivity index (χ1n) is 16.6. The summed E-state index contributed by atoms with van der Waals surface area (Å²) in [6.07, 6.45) is 5.76. The number of unbranched alkanes of at least 4 members (excludes halogenated alkanes) is 2. The van der Waals surface area contributed by atoms with Gasteiger partial charge in [-0.2, -0.15) is 0 Å². The van der Waals surface area contributed by atoms with Crippen LogP contribution in [-0.4, -0.2) is 109 Å². The Labute approximate surface area is 316 Å². The topological polar surface area (TPSA) is 211 Å². The lowest BCUT2D eigenvalue weighted by Gasteiger charge is -2.32. The number of rotatable bonds is 34. The molecule has 0 aromatic rings. The van der Waals surface area contributed by atoms with E-state index in [-0.39, 0.29) is 53.2 Å². The highest BCUT2D eigenvalue weighted by molar-refractivity contribution is 5.82. The molecule has 0 aromatic carbocycles. The molecule has 0 heterocycles. The van der Waals surface area contributed by atoms with Crippen molar-refractivity contribution in [3.8, 4) is 0 Å². The van der Waals surface area contributed by atoms with Gasteiger partial charge in [-0.05, 0) is 12.8 Å². The Balaban J connectivity index is 6.01. The minimum atomic E-state index is -1.57. The van der Waals surface area contributed by atoms with Crippen LogP contribution in [0.3, 0.4) is 0 Å². The second-order valence-corrected chi connectivity index (χ2v) is 11.3. The molecule has 0 bridgehead atoms. The summed E-state index contributed by atoms with van der Waals surface area (Å²) in [7, 11) is 0. The molecule has 2 N–H and O–H groups in total. The molecule has 1 atom stereocenters. The molecule has 54 heavy (non-hydrogen) atoms. The molecule has 304 valence electrons. The summed E-state index contributed by atoms with van der Waals surface area (Å²) in [5, 5.41) is 5.15. The molecule has 2 amide bonds. The quantitative estimate of drug-likeness (QED) is 0.0237. The van der Waals surface area contributed by atoms with Crippen LogP contribution in [0.15, 0.2) is 76.5 Å². The molecule has 0 radical (unpaired) electrons. The Bertz CT molecular complexity index is 1110. The Morgan fingerprint density at radius 1 is 0.519 bits per heavy atom. The molecule has 18 nitrogen and oxygen atoms in total. The summed E-state index contributed by atoms with van der Waals surface area (Å²) in [5.41, 5.74) is -2.68. The summed E-state index contributed by atoms with van der Waals surface area (Å²) in [4.78, 5) is 62.0. The third kappa shape index (κ3) is 23.3. The third-order valence-electron chi connectivity index (χ3n) is 6.79. The highest BCUT2D eigenvalue weighted by atomic mass is 16.7. The second-order valence-electron chi connectivity index (χ2n) is 11.3. The first-order valence-corrected chi connectivity index (χ1v) is 16.6. The van der Waals surface area contributed by atoms with E-state index >= 15 is 0 Å². The predicted octanol–water partition coefficient (Wildman–Crippen LogP) is 3.91. The molecule has 0 spiro atoms. The van der Waals surface area contributed by atoms with Gasteiger partial charge >= 0.3 is 30.1 Å². The van der Waals surface area contributed by atoms with E-state index in [1.54, 1.807) is 0 Å². The number of alkyl carbamates (subject to hydrolysis) is 2. The number of carbonyl (C=O) groups excluding carboxylic acids is 5. The van der Waals surface area contributed by atoms with Crippen molar-refractivity contribution in [2.75, 3.05) is 73.2 Å². The summed E-state index contributed by atoms with van der Waals surface area (Å²) >= 11 is 0. The average molecular weight is 771 g/mol. The summed E-state index contributed by atoms with van der Waals surface area (Å²) in [6, 6.07) is 0. The maximum absolute atomic E-state index is 13.2. The van der Waals surface area contributed by atoms with Crippen LogP contribution in [0.25, 0.3) is 0 Å². The fourth-order valence-corrected chi connectivity index (χ4v) is 4.00. The molecule has 1 unspecified atom stereocenters. The molecule has 18 heteroatoms. The Morgan fingerprint density at radius 3 is 1.17 bits per heavy atom. The third-order valence-corrected chi connectivity index (χ3v) is 6.79. The van der Waals surface area contributed by atoms with Crippen LogP contribution in [0.4, 0.5) is 9.59 Å². The van der Waals surface area contributed by atoms with Crippen LogP contribution in [0, 0.1) is 10.8 Å². The number of esters is 3. The van der Waals surface area contributed by atoms with E-state index in [0.717, 1.165) is 31.1 Å². The first-order chi connectivity index (χ1) is 26.0. The van der Waals surface area contributed by atoms with Gasteiger partial charge in [0.2, 0.25) is 0 Å². The first kappa shape index (κ1) is 48.7. The van der Waals surface area contributed by atoms with E-state index in [4.69, 9.17) is 52.1 Å². The molecular formula is C36H54N2O16. The Kier molecular flexibility index (Phi) is 27.2. The van der Waals surface area contributed by atoms with Gasteiger partial charge in [0, 0.05) is 18.2 Å². The van der Waals surface area contributed by atoms with Crippen molar-refractivity contribution in [1.82, 2.24) is 10.6 Å². The fraction of sp³-hybridized carbons (Fsp3) is 0.528. The number of ether oxygens (including phenoxy) is 11. The van der Waals surface area contributed by atoms with Crippen molar-refractivity contribution in [3.05, 3.63) is 76.5 Å². The van der Waals surface area contributed by atoms with Crippen molar-refractivity contribution < 1.29 is 76.1 Å². The van der Waals surface area contributed by atoms with Crippen molar-refractivity contribution in [2.45, 2.75) is 38.8 Å². The van der Waals surface area contributed by atoms with Crippen LogP contribution < -0.4 is 10.6 Å². The maximum atomic E-state index is 13.2. The van der Waals surface area contributed by atoms with Crippen LogP contribution >= 0.6 is 0 Å². The Hall–Kier alpha value is -5.33. The molecule has 0 rings (SSSR count). The lowest BCUT2D eigenvalue weighted by molar-refractivity contribution is -0.159. The van der Waals surface area contributed by atoms with Crippen molar-refractivity contribution in [3.63, 3.8) is 0 Å². The summed E-state index contributed by atoms with van der Waals surface area (Å²) < 4.78 is 58.3. The lowest BCUT2D eigenvalue weighted by Crippen LogP contribution is -2.51. The molecule has 0 aliphatic carbocycles. The number of hydrogen-bond acceptors (Lipinski definition) is 16. The van der Waals surface area contributed by atoms with Gasteiger partial charge in [-0.3, -0.25) is 0 Å². The highest BCUT2D eigenvalue weighted by Gasteiger charge is 2.38. The maximum Gasteiger partial charge on any atom is 0.408 e. The van der Waals surface area contributed by atoms with Gasteiger partial charge in [-0.1, -0.05) is 59.2 Å². The van der Waals surface area contributed by atoms with E-state index in [1.165, 1.54) is 18.8 Å². The zero-order valence-corrected chi connectivity index (χ0v) is 30.9. The molecular weight excluding hydrogens is 716 g/mol. The Morgan fingerprint density at radius 2 is 0.852 bits per heavy atom. The zero-order chi connectivity index (χ0) is 40.5. The normalized spacial score (nSPS) is 11.3. The minimum absolute atomic E-state index is 0.0745. The van der Waals surface area contributed by atoms with Crippen LogP contribution in [0.5, 0.6) is 0 Å². The predicted molar refractivity (Wildman–Crippen MR) is 192 cm³/mol. The SMILES string of the molecule is C=COCOCC(COCOC=C)(COCOC=C)COC(=O)NC(CCCCC)NC(=O)OCC(COC(=O)C=C)(COC(=O)C=C)COC(=O)C=C. The largest absolute Gasteiger partial charge is 0.476 e. The van der Waals surface area contributed by atoms with Crippen LogP contribution in [-0.2, 0) is 66.5 Å². The molecule has 0 aromatic heterocycles. The van der Waals surface area contributed by atoms with Crippen LogP contribution in [0.1, 0.15) is 32.6 Å². The molecule has 0 saturated heterocycles. The van der Waals surface area contributed by atoms with E-state index in [9.17, 15) is 24.0 Å². The van der Waals surface area contributed by atoms with Gasteiger partial charge in [-0.25, -0.2) is 24.0 Å². The smallest absolute Gasteiger partial charge is 0.408 e. The van der Waals surface area contributed by atoms with E-state index in [1.807, 2.05) is 6.92 Å². The summed E-state index contributed by atoms with van der Waals surface area (Å²) in [6.45, 7) is 19.2. The van der Waals surface area contributed by atoms with E-state index in [2.05, 4.69) is 50.1 Å². The minimum Gasteiger partial charge on any atom is -0.476 e. The number of amides is 2. The van der Waals surface area contributed by atoms with Gasteiger partial charge in [-0.15, -0.1) is 0 Å². The lowest BCUT2D eigenvalue weighted by atomic mass is 9.92. The van der Waals surface area contributed by atoms with Gasteiger partial charge in [0.05, 0.1) is 44.0 Å². The summed E-state index contributed by atoms with van der Waals surface area (Å²) in [5.74, 6) is -2.54. The number of carbonyl (C=O) groups is 5. The number of hydrogen-bond donors (Lipinski definition) is 2. The average Bonchev–Trinajstić information content (AvgIpc) is 3.17.